The first-order valence-corrected chi connectivity index (χ1v) is 6.92. The van der Waals surface area contributed by atoms with Crippen LogP contribution in [-0.4, -0.2) is 22.0 Å². The minimum absolute atomic E-state index is 0.112. The van der Waals surface area contributed by atoms with Crippen molar-refractivity contribution in [3.63, 3.8) is 0 Å². The molecule has 1 aromatic carbocycles. The summed E-state index contributed by atoms with van der Waals surface area (Å²) < 4.78 is 7.19. The van der Waals surface area contributed by atoms with E-state index < -0.39 is 12.2 Å². The van der Waals surface area contributed by atoms with Crippen LogP contribution in [0, 0.1) is 0 Å². The minimum Gasteiger partial charge on any atom is -0.384 e. The molecule has 1 aromatic heterocycles. The molecule has 108 valence electrons. The van der Waals surface area contributed by atoms with Crippen molar-refractivity contribution < 1.29 is 9.84 Å². The summed E-state index contributed by atoms with van der Waals surface area (Å²) in [6.07, 6.45) is 0.195. The van der Waals surface area contributed by atoms with E-state index in [9.17, 15) is 5.11 Å². The van der Waals surface area contributed by atoms with Gasteiger partial charge in [-0.2, -0.15) is 5.10 Å². The molecule has 0 fully saturated rings. The average molecular weight is 295 g/mol. The molecule has 0 saturated carbocycles. The van der Waals surface area contributed by atoms with Crippen molar-refractivity contribution >= 4 is 11.6 Å². The predicted octanol–water partition coefficient (Wildman–Crippen LogP) is 3.54. The van der Waals surface area contributed by atoms with E-state index in [1.165, 1.54) is 0 Å². The second kappa shape index (κ2) is 6.39. The lowest BCUT2D eigenvalue weighted by Crippen LogP contribution is -2.18. The zero-order chi connectivity index (χ0) is 14.7. The van der Waals surface area contributed by atoms with Gasteiger partial charge < -0.3 is 9.84 Å². The van der Waals surface area contributed by atoms with E-state index in [0.29, 0.717) is 10.7 Å². The van der Waals surface area contributed by atoms with Gasteiger partial charge in [-0.25, -0.2) is 0 Å². The van der Waals surface area contributed by atoms with Gasteiger partial charge in [-0.3, -0.25) is 4.68 Å². The van der Waals surface area contributed by atoms with Crippen molar-refractivity contribution in [1.29, 1.82) is 0 Å². The third-order valence-corrected chi connectivity index (χ3v) is 3.52. The summed E-state index contributed by atoms with van der Waals surface area (Å²) in [5.74, 6) is 0. The maximum atomic E-state index is 10.7. The molecule has 0 saturated heterocycles. The highest BCUT2D eigenvalue weighted by atomic mass is 35.5. The van der Waals surface area contributed by atoms with Gasteiger partial charge in [-0.05, 0) is 19.4 Å². The molecule has 5 heteroatoms. The molecule has 2 aromatic rings. The number of aliphatic hydroxyl groups is 1. The second-order valence-electron chi connectivity index (χ2n) is 4.93. The maximum absolute atomic E-state index is 10.7. The molecule has 0 aliphatic heterocycles. The van der Waals surface area contributed by atoms with E-state index in [1.54, 1.807) is 18.0 Å². The lowest BCUT2D eigenvalue weighted by molar-refractivity contribution is -0.0196. The summed E-state index contributed by atoms with van der Waals surface area (Å²) >= 11 is 6.17. The molecule has 20 heavy (non-hydrogen) atoms. The standard InChI is InChI=1S/C15H19ClN2O2/c1-10(2)18-13(12(16)9-17-18)14(19)15(20-3)11-7-5-4-6-8-11/h4-10,14-15,19H,1-3H3. The quantitative estimate of drug-likeness (QED) is 0.917. The number of hydrogen-bond acceptors (Lipinski definition) is 3. The van der Waals surface area contributed by atoms with E-state index in [0.717, 1.165) is 5.56 Å². The molecule has 0 bridgehead atoms. The Morgan fingerprint density at radius 2 is 1.90 bits per heavy atom. The van der Waals surface area contributed by atoms with Crippen LogP contribution in [0.4, 0.5) is 0 Å². The first kappa shape index (κ1) is 15.0. The Morgan fingerprint density at radius 1 is 1.25 bits per heavy atom. The van der Waals surface area contributed by atoms with Gasteiger partial charge in [-0.15, -0.1) is 0 Å². The van der Waals surface area contributed by atoms with Crippen molar-refractivity contribution in [2.75, 3.05) is 7.11 Å². The molecule has 0 aliphatic carbocycles. The Labute approximate surface area is 123 Å². The molecule has 4 nitrogen and oxygen atoms in total. The second-order valence-corrected chi connectivity index (χ2v) is 5.34. The van der Waals surface area contributed by atoms with E-state index >= 15 is 0 Å². The molecule has 0 spiro atoms. The summed E-state index contributed by atoms with van der Waals surface area (Å²) in [7, 11) is 1.57. The molecule has 2 rings (SSSR count). The summed E-state index contributed by atoms with van der Waals surface area (Å²) in [6.45, 7) is 3.98. The number of nitrogens with zero attached hydrogens (tertiary/aromatic N) is 2. The van der Waals surface area contributed by atoms with Gasteiger partial charge in [0.2, 0.25) is 0 Å². The van der Waals surface area contributed by atoms with E-state index in [2.05, 4.69) is 5.10 Å². The van der Waals surface area contributed by atoms with Crippen LogP contribution < -0.4 is 0 Å². The highest BCUT2D eigenvalue weighted by Gasteiger charge is 2.28. The van der Waals surface area contributed by atoms with Gasteiger partial charge in [0.1, 0.15) is 12.2 Å². The zero-order valence-electron chi connectivity index (χ0n) is 11.8. The van der Waals surface area contributed by atoms with E-state index in [4.69, 9.17) is 16.3 Å². The van der Waals surface area contributed by atoms with Crippen LogP contribution in [0.2, 0.25) is 5.02 Å². The van der Waals surface area contributed by atoms with Gasteiger partial charge >= 0.3 is 0 Å². The Hall–Kier alpha value is -1.36. The van der Waals surface area contributed by atoms with Crippen LogP contribution in [-0.2, 0) is 4.74 Å². The molecule has 0 amide bonds. The highest BCUT2D eigenvalue weighted by Crippen LogP contribution is 2.35. The third-order valence-electron chi connectivity index (χ3n) is 3.23. The monoisotopic (exact) mass is 294 g/mol. The summed E-state index contributed by atoms with van der Waals surface area (Å²) in [5.41, 5.74) is 1.48. The summed E-state index contributed by atoms with van der Waals surface area (Å²) in [4.78, 5) is 0. The van der Waals surface area contributed by atoms with Gasteiger partial charge in [0, 0.05) is 13.2 Å². The first-order chi connectivity index (χ1) is 9.56. The van der Waals surface area contributed by atoms with Crippen LogP contribution in [0.1, 0.15) is 43.4 Å². The maximum Gasteiger partial charge on any atom is 0.127 e. The fraction of sp³-hybridized carbons (Fsp3) is 0.400. The number of ether oxygens (including phenoxy) is 1. The lowest BCUT2D eigenvalue weighted by Gasteiger charge is -2.24. The molecule has 2 atom stereocenters. The van der Waals surface area contributed by atoms with Crippen LogP contribution in [0.25, 0.3) is 0 Å². The van der Waals surface area contributed by atoms with Crippen molar-refractivity contribution in [1.82, 2.24) is 9.78 Å². The number of rotatable bonds is 5. The number of hydrogen-bond donors (Lipinski definition) is 1. The number of halogens is 1. The largest absolute Gasteiger partial charge is 0.384 e. The van der Waals surface area contributed by atoms with Crippen LogP contribution in [0.3, 0.4) is 0 Å². The SMILES string of the molecule is COC(c1ccccc1)C(O)c1c(Cl)cnn1C(C)C. The number of aliphatic hydroxyl groups excluding tert-OH is 1. The topological polar surface area (TPSA) is 47.3 Å². The smallest absolute Gasteiger partial charge is 0.127 e. The van der Waals surface area contributed by atoms with E-state index in [1.807, 2.05) is 44.2 Å². The van der Waals surface area contributed by atoms with Gasteiger partial charge in [0.15, 0.2) is 0 Å². The Morgan fingerprint density at radius 3 is 2.45 bits per heavy atom. The Bertz CT molecular complexity index is 554. The van der Waals surface area contributed by atoms with Crippen molar-refractivity contribution in [2.45, 2.75) is 32.1 Å². The zero-order valence-corrected chi connectivity index (χ0v) is 12.6. The molecular formula is C15H19ClN2O2. The Balaban J connectivity index is 2.39. The average Bonchev–Trinajstić information content (AvgIpc) is 2.82. The predicted molar refractivity (Wildman–Crippen MR) is 78.8 cm³/mol. The molecule has 1 heterocycles. The highest BCUT2D eigenvalue weighted by molar-refractivity contribution is 6.31. The molecule has 2 unspecified atom stereocenters. The Kier molecular flexibility index (Phi) is 4.81. The molecule has 1 N–H and O–H groups in total. The first-order valence-electron chi connectivity index (χ1n) is 6.55. The van der Waals surface area contributed by atoms with Crippen LogP contribution in [0.5, 0.6) is 0 Å². The fourth-order valence-corrected chi connectivity index (χ4v) is 2.51. The van der Waals surface area contributed by atoms with Gasteiger partial charge in [0.05, 0.1) is 16.9 Å². The summed E-state index contributed by atoms with van der Waals surface area (Å²) in [5, 5.41) is 15.3. The van der Waals surface area contributed by atoms with Crippen LogP contribution >= 0.6 is 11.6 Å². The number of benzene rings is 1. The van der Waals surface area contributed by atoms with E-state index in [-0.39, 0.29) is 6.04 Å². The fourth-order valence-electron chi connectivity index (χ4n) is 2.27. The summed E-state index contributed by atoms with van der Waals surface area (Å²) in [6, 6.07) is 9.70. The molecule has 0 radical (unpaired) electrons. The molecule has 0 aliphatic rings. The van der Waals surface area contributed by atoms with Crippen molar-refractivity contribution in [2.24, 2.45) is 0 Å². The number of aromatic nitrogens is 2. The van der Waals surface area contributed by atoms with Gasteiger partial charge in [0.25, 0.3) is 0 Å². The van der Waals surface area contributed by atoms with Crippen molar-refractivity contribution in [3.8, 4) is 0 Å². The van der Waals surface area contributed by atoms with Crippen molar-refractivity contribution in [3.05, 3.63) is 52.8 Å². The third kappa shape index (κ3) is 2.87. The van der Waals surface area contributed by atoms with Crippen LogP contribution in [0.15, 0.2) is 36.5 Å². The molecular weight excluding hydrogens is 276 g/mol. The lowest BCUT2D eigenvalue weighted by atomic mass is 10.0. The minimum atomic E-state index is -0.875. The van der Waals surface area contributed by atoms with Gasteiger partial charge in [-0.1, -0.05) is 41.9 Å². The normalized spacial score (nSPS) is 14.5. The number of methoxy groups -OCH3 is 1.